The average Bonchev–Trinajstić information content (AvgIpc) is 3.64. The summed E-state index contributed by atoms with van der Waals surface area (Å²) in [5.41, 5.74) is 11.3. The van der Waals surface area contributed by atoms with Crippen molar-refractivity contribution in [1.82, 2.24) is 24.4 Å². The average molecular weight is 745 g/mol. The number of nitrogens with zero attached hydrogens (tertiary/aromatic N) is 5. The Bertz CT molecular complexity index is 1740. The van der Waals surface area contributed by atoms with Crippen LogP contribution in [-0.2, 0) is 45.8 Å². The van der Waals surface area contributed by atoms with Crippen LogP contribution in [0.5, 0.6) is 0 Å². The standard InChI is InChI=1S/C21H30N7O17P3/c22-17-12-19(25-7-24-17)28(8-26-12)21-16(44-46(33,34)35)14(30)11(43-21)6-41-48(38,39)45-47(36,37)40-5-10-13(29)15(31)20(42-10)27-3-1-2-9(4-27)18(23)32/h1,3-4,7-8,10-11,13-16,20-21,29-31H,2,5-6H2,(H2,23,32)(H,36,37)(H,38,39)(H2,22,24,25)(H2,33,34,35)/t10-,11-,13-,14-,15-,16-,20-,21+/m0/s1. The third kappa shape index (κ3) is 8.17. The predicted octanol–water partition coefficient (Wildman–Crippen LogP) is -2.57. The van der Waals surface area contributed by atoms with Crippen LogP contribution >= 0.6 is 23.5 Å². The van der Waals surface area contributed by atoms with Crippen molar-refractivity contribution in [2.75, 3.05) is 18.9 Å². The summed E-state index contributed by atoms with van der Waals surface area (Å²) in [6, 6.07) is 0. The highest BCUT2D eigenvalue weighted by Gasteiger charge is 2.51. The third-order valence-electron chi connectivity index (χ3n) is 7.11. The van der Waals surface area contributed by atoms with E-state index in [-0.39, 0.29) is 29.0 Å². The van der Waals surface area contributed by atoms with Gasteiger partial charge in [-0.15, -0.1) is 0 Å². The van der Waals surface area contributed by atoms with Crippen LogP contribution in [0.3, 0.4) is 0 Å². The predicted molar refractivity (Wildman–Crippen MR) is 153 cm³/mol. The van der Waals surface area contributed by atoms with Gasteiger partial charge in [0.25, 0.3) is 0 Å². The monoisotopic (exact) mass is 745 g/mol. The van der Waals surface area contributed by atoms with Crippen LogP contribution in [0, 0.1) is 0 Å². The fourth-order valence-corrected chi connectivity index (χ4v) is 7.57. The van der Waals surface area contributed by atoms with Crippen LogP contribution in [0.4, 0.5) is 5.82 Å². The molecule has 2 unspecified atom stereocenters. The first-order chi connectivity index (χ1) is 22.4. The Hall–Kier alpha value is -2.73. The smallest absolute Gasteiger partial charge is 0.387 e. The van der Waals surface area contributed by atoms with Gasteiger partial charge in [-0.05, 0) is 6.42 Å². The van der Waals surface area contributed by atoms with Gasteiger partial charge in [-0.1, -0.05) is 6.08 Å². The first-order valence-electron chi connectivity index (χ1n) is 13.5. The molecule has 5 rings (SSSR count). The Labute approximate surface area is 268 Å². The minimum atomic E-state index is -5.52. The number of phosphoric ester groups is 3. The van der Waals surface area contributed by atoms with E-state index in [4.69, 9.17) is 30.0 Å². The SMILES string of the molecule is NC(=O)C1=CN([C@H]2O[C@@H](COP(=O)(O)OP(=O)(O)OC[C@@H]3O[C@@H](n4cnc5c(N)ncnc54)[C@@H](OP(=O)(O)O)[C@H]3O)[C@H](O)[C@@H]2O)C=CC1. The maximum Gasteiger partial charge on any atom is 0.481 e. The molecule has 1 amide bonds. The van der Waals surface area contributed by atoms with Gasteiger partial charge in [-0.2, -0.15) is 4.31 Å². The number of imidazole rings is 1. The second-order valence-electron chi connectivity index (χ2n) is 10.4. The molecule has 0 bridgehead atoms. The number of nitrogens with two attached hydrogens (primary N) is 2. The molecule has 0 aliphatic carbocycles. The van der Waals surface area contributed by atoms with E-state index in [1.54, 1.807) is 0 Å². The summed E-state index contributed by atoms with van der Waals surface area (Å²) in [4.78, 5) is 63.4. The van der Waals surface area contributed by atoms with E-state index in [0.29, 0.717) is 0 Å². The lowest BCUT2D eigenvalue weighted by molar-refractivity contribution is -0.115. The summed E-state index contributed by atoms with van der Waals surface area (Å²) >= 11 is 0. The van der Waals surface area contributed by atoms with Gasteiger partial charge in [-0.3, -0.25) is 22.9 Å². The number of rotatable bonds is 13. The van der Waals surface area contributed by atoms with Gasteiger partial charge in [0.2, 0.25) is 5.91 Å². The number of anilines is 1. The van der Waals surface area contributed by atoms with Crippen molar-refractivity contribution in [2.24, 2.45) is 5.73 Å². The zero-order chi connectivity index (χ0) is 35.2. The molecule has 0 spiro atoms. The second-order valence-corrected chi connectivity index (χ2v) is 14.6. The van der Waals surface area contributed by atoms with Crippen molar-refractivity contribution < 1.29 is 80.7 Å². The van der Waals surface area contributed by atoms with Crippen LogP contribution in [0.25, 0.3) is 11.2 Å². The summed E-state index contributed by atoms with van der Waals surface area (Å²) in [5.74, 6) is -0.791. The van der Waals surface area contributed by atoms with E-state index in [9.17, 15) is 53.4 Å². The maximum atomic E-state index is 12.6. The molecule has 11 N–H and O–H groups in total. The minimum Gasteiger partial charge on any atom is -0.387 e. The van der Waals surface area contributed by atoms with Crippen molar-refractivity contribution in [3.63, 3.8) is 0 Å². The molecule has 2 aromatic rings. The van der Waals surface area contributed by atoms with Crippen LogP contribution in [0.15, 0.2) is 36.7 Å². The van der Waals surface area contributed by atoms with Gasteiger partial charge in [-0.25, -0.2) is 28.6 Å². The zero-order valence-corrected chi connectivity index (χ0v) is 26.8. The van der Waals surface area contributed by atoms with E-state index in [0.717, 1.165) is 17.2 Å². The Balaban J connectivity index is 1.20. The zero-order valence-electron chi connectivity index (χ0n) is 24.1. The molecule has 10 atom stereocenters. The Morgan fingerprint density at radius 1 is 0.938 bits per heavy atom. The molecule has 2 saturated heterocycles. The maximum absolute atomic E-state index is 12.6. The van der Waals surface area contributed by atoms with Gasteiger partial charge < -0.3 is 60.7 Å². The summed E-state index contributed by atoms with van der Waals surface area (Å²) in [5, 5.41) is 31.5. The number of nitrogen functional groups attached to an aromatic ring is 1. The number of carbonyl (C=O) groups is 1. The normalized spacial score (nSPS) is 31.9. The molecule has 0 radical (unpaired) electrons. The highest BCUT2D eigenvalue weighted by atomic mass is 31.3. The van der Waals surface area contributed by atoms with E-state index >= 15 is 0 Å². The lowest BCUT2D eigenvalue weighted by Gasteiger charge is -2.28. The van der Waals surface area contributed by atoms with Crippen molar-refractivity contribution in [3.8, 4) is 0 Å². The number of amides is 1. The molecular formula is C21H30N7O17P3. The summed E-state index contributed by atoms with van der Waals surface area (Å²) < 4.78 is 67.2. The van der Waals surface area contributed by atoms with Gasteiger partial charge >= 0.3 is 23.5 Å². The molecule has 5 heterocycles. The number of primary amides is 1. The molecule has 2 fully saturated rings. The summed E-state index contributed by atoms with van der Waals surface area (Å²) in [6.07, 6.45) is -6.47. The lowest BCUT2D eigenvalue weighted by Crippen LogP contribution is -2.40. The quantitative estimate of drug-likeness (QED) is 0.0951. The number of hydrogen-bond acceptors (Lipinski definition) is 18. The van der Waals surface area contributed by atoms with Crippen molar-refractivity contribution in [3.05, 3.63) is 36.7 Å². The number of allylic oxidation sites excluding steroid dienone is 1. The fraction of sp³-hybridized carbons (Fsp3) is 0.524. The number of hydrogen-bond donors (Lipinski definition) is 9. The molecule has 0 saturated carbocycles. The van der Waals surface area contributed by atoms with Crippen LogP contribution < -0.4 is 11.5 Å². The van der Waals surface area contributed by atoms with E-state index in [1.807, 2.05) is 0 Å². The van der Waals surface area contributed by atoms with Crippen LogP contribution in [0.2, 0.25) is 0 Å². The molecular weight excluding hydrogens is 715 g/mol. The Kier molecular flexibility index (Phi) is 10.6. The fourth-order valence-electron chi connectivity index (χ4n) is 4.93. The first kappa shape index (κ1) is 36.5. The van der Waals surface area contributed by atoms with Gasteiger partial charge in [0.1, 0.15) is 48.5 Å². The number of aliphatic hydroxyl groups is 3. The number of aromatic nitrogens is 4. The van der Waals surface area contributed by atoms with Gasteiger partial charge in [0.15, 0.2) is 23.9 Å². The van der Waals surface area contributed by atoms with E-state index in [1.165, 1.54) is 23.4 Å². The molecule has 48 heavy (non-hydrogen) atoms. The molecule has 0 aromatic carbocycles. The first-order valence-corrected chi connectivity index (χ1v) is 18.0. The third-order valence-corrected chi connectivity index (χ3v) is 10.2. The van der Waals surface area contributed by atoms with Crippen molar-refractivity contribution in [2.45, 2.75) is 55.5 Å². The minimum absolute atomic E-state index is 0.00424. The van der Waals surface area contributed by atoms with Crippen LogP contribution in [-0.4, -0.2) is 121 Å². The topological polar surface area (TPSA) is 364 Å². The highest BCUT2D eigenvalue weighted by Crippen LogP contribution is 2.61. The van der Waals surface area contributed by atoms with E-state index < -0.39 is 91.7 Å². The number of ether oxygens (including phenoxy) is 2. The summed E-state index contributed by atoms with van der Waals surface area (Å²) in [7, 11) is -16.3. The largest absolute Gasteiger partial charge is 0.481 e. The Morgan fingerprint density at radius 3 is 2.19 bits per heavy atom. The molecule has 27 heteroatoms. The number of aliphatic hydroxyl groups excluding tert-OH is 3. The molecule has 24 nitrogen and oxygen atoms in total. The number of fused-ring (bicyclic) bond motifs is 1. The van der Waals surface area contributed by atoms with Gasteiger partial charge in [0.05, 0.1) is 19.5 Å². The van der Waals surface area contributed by atoms with Gasteiger partial charge in [0, 0.05) is 18.0 Å². The van der Waals surface area contributed by atoms with E-state index in [2.05, 4.69) is 23.8 Å². The lowest BCUT2D eigenvalue weighted by atomic mass is 10.1. The number of phosphoric acid groups is 3. The molecule has 266 valence electrons. The Morgan fingerprint density at radius 2 is 1.56 bits per heavy atom. The van der Waals surface area contributed by atoms with Crippen molar-refractivity contribution in [1.29, 1.82) is 0 Å². The van der Waals surface area contributed by atoms with Crippen molar-refractivity contribution >= 4 is 46.4 Å². The molecule has 3 aliphatic rings. The summed E-state index contributed by atoms with van der Waals surface area (Å²) in [6.45, 7) is -2.02. The number of carbonyl (C=O) groups excluding carboxylic acids is 1. The second kappa shape index (κ2) is 13.9. The van der Waals surface area contributed by atoms with Crippen LogP contribution in [0.1, 0.15) is 12.6 Å². The highest BCUT2D eigenvalue weighted by molar-refractivity contribution is 7.61. The molecule has 3 aliphatic heterocycles. The molecule has 2 aromatic heterocycles.